The van der Waals surface area contributed by atoms with Crippen LogP contribution in [-0.2, 0) is 14.3 Å². The van der Waals surface area contributed by atoms with Crippen molar-refractivity contribution >= 4 is 11.9 Å². The predicted octanol–water partition coefficient (Wildman–Crippen LogP) is 7.68. The molecule has 1 N–H and O–H groups in total. The molecular formula is C29H56NO4+. The van der Waals surface area contributed by atoms with Gasteiger partial charge in [-0.25, -0.2) is 0 Å². The van der Waals surface area contributed by atoms with Crippen LogP contribution in [-0.4, -0.2) is 55.3 Å². The quantitative estimate of drug-likeness (QED) is 0.0663. The van der Waals surface area contributed by atoms with Crippen molar-refractivity contribution in [1.29, 1.82) is 0 Å². The van der Waals surface area contributed by atoms with Gasteiger partial charge in [-0.15, -0.1) is 0 Å². The molecule has 0 unspecified atom stereocenters. The number of esters is 1. The van der Waals surface area contributed by atoms with Gasteiger partial charge in [0.25, 0.3) is 0 Å². The molecule has 1 atom stereocenters. The lowest BCUT2D eigenvalue weighted by Crippen LogP contribution is -2.43. The van der Waals surface area contributed by atoms with E-state index in [9.17, 15) is 9.59 Å². The standard InChI is InChI=1S/C29H55NO4/c1-5-6-7-8-9-10-11-12-13-14-15-16-17-18-19-20-21-22-23-24-29(33)34-27(25-28(31)32)26-30(2,3)4/h12-13,27H,5-11,14-26H2,1-4H3/p+1/b13-12-/t27-/m1/s1. The Balaban J connectivity index is 3.52. The molecule has 0 saturated heterocycles. The number of ether oxygens (including phenoxy) is 1. The highest BCUT2D eigenvalue weighted by Crippen LogP contribution is 2.13. The Labute approximate surface area is 210 Å². The summed E-state index contributed by atoms with van der Waals surface area (Å²) in [5, 5.41) is 9.04. The Morgan fingerprint density at radius 1 is 0.735 bits per heavy atom. The number of hydrogen-bond donors (Lipinski definition) is 1. The highest BCUT2D eigenvalue weighted by atomic mass is 16.5. The SMILES string of the molecule is CCCCCCCC/C=C\CCCCCCCCCCCC(=O)O[C@H](CC(=O)O)C[N+](C)(C)C. The van der Waals surface area contributed by atoms with Gasteiger partial charge in [-0.05, 0) is 32.1 Å². The van der Waals surface area contributed by atoms with Crippen LogP contribution in [0.3, 0.4) is 0 Å². The van der Waals surface area contributed by atoms with E-state index >= 15 is 0 Å². The minimum absolute atomic E-state index is 0.128. The van der Waals surface area contributed by atoms with Gasteiger partial charge in [0.15, 0.2) is 6.10 Å². The zero-order valence-electron chi connectivity index (χ0n) is 23.0. The third-order valence-corrected chi connectivity index (χ3v) is 6.09. The minimum atomic E-state index is -0.925. The van der Waals surface area contributed by atoms with Crippen molar-refractivity contribution < 1.29 is 23.9 Å². The van der Waals surface area contributed by atoms with Crippen LogP contribution in [0.1, 0.15) is 129 Å². The van der Waals surface area contributed by atoms with Crippen molar-refractivity contribution in [2.75, 3.05) is 27.7 Å². The van der Waals surface area contributed by atoms with Gasteiger partial charge in [0.05, 0.1) is 27.6 Å². The summed E-state index contributed by atoms with van der Waals surface area (Å²) in [7, 11) is 5.91. The van der Waals surface area contributed by atoms with E-state index in [0.717, 1.165) is 19.3 Å². The summed E-state index contributed by atoms with van der Waals surface area (Å²) in [5.74, 6) is -1.19. The lowest BCUT2D eigenvalue weighted by Gasteiger charge is -2.28. The van der Waals surface area contributed by atoms with E-state index in [0.29, 0.717) is 17.4 Å². The van der Waals surface area contributed by atoms with E-state index in [1.807, 2.05) is 21.1 Å². The average molecular weight is 483 g/mol. The summed E-state index contributed by atoms with van der Waals surface area (Å²) in [4.78, 5) is 23.1. The predicted molar refractivity (Wildman–Crippen MR) is 143 cm³/mol. The molecule has 0 aromatic carbocycles. The maximum Gasteiger partial charge on any atom is 0.307 e. The van der Waals surface area contributed by atoms with Crippen molar-refractivity contribution in [2.24, 2.45) is 0 Å². The van der Waals surface area contributed by atoms with Gasteiger partial charge < -0.3 is 14.3 Å². The molecule has 0 aliphatic rings. The second-order valence-electron chi connectivity index (χ2n) is 10.9. The molecule has 0 aromatic heterocycles. The molecule has 0 aliphatic heterocycles. The number of allylic oxidation sites excluding steroid dienone is 2. The first-order valence-electron chi connectivity index (χ1n) is 14.1. The summed E-state index contributed by atoms with van der Waals surface area (Å²) in [6.07, 6.45) is 26.0. The van der Waals surface area contributed by atoms with Crippen LogP contribution in [0.4, 0.5) is 0 Å². The Kier molecular flexibility index (Phi) is 21.2. The summed E-state index contributed by atoms with van der Waals surface area (Å²) in [5.41, 5.74) is 0. The fourth-order valence-corrected chi connectivity index (χ4v) is 4.24. The molecule has 200 valence electrons. The first-order valence-corrected chi connectivity index (χ1v) is 14.1. The summed E-state index contributed by atoms with van der Waals surface area (Å²) >= 11 is 0. The van der Waals surface area contributed by atoms with Crippen molar-refractivity contribution in [3.63, 3.8) is 0 Å². The molecule has 0 bridgehead atoms. The third-order valence-electron chi connectivity index (χ3n) is 6.09. The van der Waals surface area contributed by atoms with E-state index < -0.39 is 12.1 Å². The molecule has 0 fully saturated rings. The van der Waals surface area contributed by atoms with E-state index in [-0.39, 0.29) is 12.4 Å². The lowest BCUT2D eigenvalue weighted by atomic mass is 10.1. The molecule has 0 amide bonds. The number of carboxylic acid groups (broad SMARTS) is 1. The maximum absolute atomic E-state index is 12.1. The highest BCUT2D eigenvalue weighted by molar-refractivity contribution is 5.71. The minimum Gasteiger partial charge on any atom is -0.481 e. The average Bonchev–Trinajstić information content (AvgIpc) is 2.73. The topological polar surface area (TPSA) is 63.6 Å². The zero-order chi connectivity index (χ0) is 25.5. The van der Waals surface area contributed by atoms with Gasteiger partial charge in [0.1, 0.15) is 6.54 Å². The van der Waals surface area contributed by atoms with Gasteiger partial charge in [0, 0.05) is 6.42 Å². The smallest absolute Gasteiger partial charge is 0.307 e. The molecular weight excluding hydrogens is 426 g/mol. The monoisotopic (exact) mass is 482 g/mol. The van der Waals surface area contributed by atoms with Crippen LogP contribution in [0.25, 0.3) is 0 Å². The first-order chi connectivity index (χ1) is 16.2. The van der Waals surface area contributed by atoms with Crippen LogP contribution in [0.5, 0.6) is 0 Å². The molecule has 5 nitrogen and oxygen atoms in total. The van der Waals surface area contributed by atoms with E-state index in [1.54, 1.807) is 0 Å². The van der Waals surface area contributed by atoms with Crippen LogP contribution < -0.4 is 0 Å². The van der Waals surface area contributed by atoms with Crippen molar-refractivity contribution in [1.82, 2.24) is 0 Å². The molecule has 0 aromatic rings. The van der Waals surface area contributed by atoms with Crippen LogP contribution in [0, 0.1) is 0 Å². The third kappa shape index (κ3) is 25.3. The fraction of sp³-hybridized carbons (Fsp3) is 0.862. The number of hydrogen-bond acceptors (Lipinski definition) is 3. The van der Waals surface area contributed by atoms with Gasteiger partial charge in [-0.1, -0.05) is 96.1 Å². The van der Waals surface area contributed by atoms with Crippen molar-refractivity contribution in [2.45, 2.75) is 135 Å². The Morgan fingerprint density at radius 2 is 1.18 bits per heavy atom. The van der Waals surface area contributed by atoms with Gasteiger partial charge in [-0.2, -0.15) is 0 Å². The molecule has 0 spiro atoms. The number of carbonyl (C=O) groups excluding carboxylic acids is 1. The summed E-state index contributed by atoms with van der Waals surface area (Å²) in [6.45, 7) is 2.78. The van der Waals surface area contributed by atoms with E-state index in [1.165, 1.54) is 89.9 Å². The van der Waals surface area contributed by atoms with Crippen LogP contribution in [0.15, 0.2) is 12.2 Å². The number of carboxylic acids is 1. The summed E-state index contributed by atoms with van der Waals surface area (Å²) in [6, 6.07) is 0. The van der Waals surface area contributed by atoms with Crippen LogP contribution >= 0.6 is 0 Å². The second-order valence-corrected chi connectivity index (χ2v) is 10.9. The van der Waals surface area contributed by atoms with Crippen LogP contribution in [0.2, 0.25) is 0 Å². The number of aliphatic carboxylic acids is 1. The molecule has 5 heteroatoms. The number of rotatable bonds is 24. The number of nitrogens with zero attached hydrogens (tertiary/aromatic N) is 1. The Hall–Kier alpha value is -1.36. The summed E-state index contributed by atoms with van der Waals surface area (Å²) < 4.78 is 6.00. The van der Waals surface area contributed by atoms with Crippen molar-refractivity contribution in [3.8, 4) is 0 Å². The maximum atomic E-state index is 12.1. The number of carbonyl (C=O) groups is 2. The molecule has 0 rings (SSSR count). The number of likely N-dealkylation sites (N-methyl/N-ethyl adjacent to an activating group) is 1. The Bertz CT molecular complexity index is 525. The molecule has 34 heavy (non-hydrogen) atoms. The first kappa shape index (κ1) is 32.6. The zero-order valence-corrected chi connectivity index (χ0v) is 23.0. The largest absolute Gasteiger partial charge is 0.481 e. The molecule has 0 saturated carbocycles. The van der Waals surface area contributed by atoms with Gasteiger partial charge >= 0.3 is 11.9 Å². The van der Waals surface area contributed by atoms with Gasteiger partial charge in [-0.3, -0.25) is 9.59 Å². The number of unbranched alkanes of at least 4 members (excludes halogenated alkanes) is 15. The molecule has 0 heterocycles. The van der Waals surface area contributed by atoms with E-state index in [2.05, 4.69) is 19.1 Å². The Morgan fingerprint density at radius 3 is 1.62 bits per heavy atom. The highest BCUT2D eigenvalue weighted by Gasteiger charge is 2.24. The van der Waals surface area contributed by atoms with Crippen molar-refractivity contribution in [3.05, 3.63) is 12.2 Å². The fourth-order valence-electron chi connectivity index (χ4n) is 4.24. The van der Waals surface area contributed by atoms with Gasteiger partial charge in [0.2, 0.25) is 0 Å². The lowest BCUT2D eigenvalue weighted by molar-refractivity contribution is -0.873. The normalized spacial score (nSPS) is 12.8. The number of quaternary nitrogens is 1. The molecule has 0 radical (unpaired) electrons. The second kappa shape index (κ2) is 22.1. The molecule has 0 aliphatic carbocycles. The van der Waals surface area contributed by atoms with E-state index in [4.69, 9.17) is 9.84 Å².